The highest BCUT2D eigenvalue weighted by Gasteiger charge is 2.20. The molecule has 4 aromatic carbocycles. The Hall–Kier alpha value is -8.96. The fourth-order valence-corrected chi connectivity index (χ4v) is 12.3. The average molecular weight is 1520 g/mol. The second-order valence-corrected chi connectivity index (χ2v) is 30.7. The zero-order valence-electron chi connectivity index (χ0n) is 79.0. The van der Waals surface area contributed by atoms with Crippen molar-refractivity contribution in [3.8, 4) is 89.5 Å². The summed E-state index contributed by atoms with van der Waals surface area (Å²) in [5.41, 5.74) is -1.55. The van der Waals surface area contributed by atoms with E-state index in [1.165, 1.54) is 55.7 Å². The van der Waals surface area contributed by atoms with Crippen LogP contribution in [0.2, 0.25) is 20.1 Å². The van der Waals surface area contributed by atoms with Crippen LogP contribution in [0.5, 0.6) is 0 Å². The lowest BCUT2D eigenvalue weighted by Crippen LogP contribution is -2.03. The van der Waals surface area contributed by atoms with Crippen molar-refractivity contribution >= 4 is 85.8 Å². The lowest BCUT2D eigenvalue weighted by atomic mass is 10.0. The summed E-state index contributed by atoms with van der Waals surface area (Å²) in [7, 11) is -15.7. The first-order valence-electron chi connectivity index (χ1n) is 42.1. The number of sulfone groups is 4. The lowest BCUT2D eigenvalue weighted by Gasteiger charge is -2.11. The molecule has 512 valence electrons. The molecule has 0 saturated carbocycles. The molecule has 0 fully saturated rings. The first kappa shape index (κ1) is 47.2. The van der Waals surface area contributed by atoms with Crippen LogP contribution in [0.3, 0.4) is 0 Å². The van der Waals surface area contributed by atoms with E-state index in [-0.39, 0.29) is 76.7 Å². The number of nitrogens with zero attached hydrogens (tertiary/aromatic N) is 8. The maximum absolute atomic E-state index is 12.7. The molecule has 0 aliphatic rings. The van der Waals surface area contributed by atoms with Gasteiger partial charge in [-0.05, 0) is 171 Å². The summed E-state index contributed by atoms with van der Waals surface area (Å²) in [4.78, 5) is 30.9. The third-order valence-electron chi connectivity index (χ3n) is 13.9. The maximum atomic E-state index is 12.7. The summed E-state index contributed by atoms with van der Waals surface area (Å²) in [6.45, 7) is 3.14. The lowest BCUT2D eigenvalue weighted by molar-refractivity contribution is 0.595. The van der Waals surface area contributed by atoms with Crippen LogP contribution in [-0.2, 0) is 39.3 Å². The maximum Gasteiger partial charge on any atom is 0.178 e. The molecule has 0 aliphatic heterocycles. The normalized spacial score (nSPS) is 15.6. The van der Waals surface area contributed by atoms with Crippen molar-refractivity contribution in [2.75, 3.05) is 23.0 Å². The molecule has 0 radical (unpaired) electrons. The van der Waals surface area contributed by atoms with Gasteiger partial charge in [-0.25, -0.2) is 33.7 Å². The highest BCUT2D eigenvalue weighted by Crippen LogP contribution is 2.38. The molecule has 8 aromatic heterocycles. The Labute approximate surface area is 640 Å². The molecular formula is C76H68Cl4N8O8S4. The van der Waals surface area contributed by atoms with Crippen LogP contribution in [-0.4, -0.2) is 96.5 Å². The zero-order chi connectivity index (χ0) is 94.6. The Morgan fingerprint density at radius 3 is 1.07 bits per heavy atom. The predicted octanol–water partition coefficient (Wildman–Crippen LogP) is 18.3. The van der Waals surface area contributed by atoms with Gasteiger partial charge in [0.15, 0.2) is 39.3 Å². The monoisotopic (exact) mass is 1510 g/mol. The van der Waals surface area contributed by atoms with Gasteiger partial charge in [0.25, 0.3) is 0 Å². The van der Waals surface area contributed by atoms with Gasteiger partial charge in [-0.15, -0.1) is 0 Å². The number of pyridine rings is 8. The van der Waals surface area contributed by atoms with E-state index < -0.39 is 204 Å². The van der Waals surface area contributed by atoms with Crippen molar-refractivity contribution in [1.82, 2.24) is 39.9 Å². The van der Waals surface area contributed by atoms with Gasteiger partial charge in [-0.3, -0.25) is 39.9 Å². The standard InChI is InChI=1S/4C19H17ClN2O2S/c4*1-3-25(23,24)17-8-6-14(7-9-17)18-10-16(20)12-22-19(18)15-5-4-13(2)21-11-15/h4*4-12H,3H2,1-2H3/i2D3,3D2,4D,5D,6D,7D,8D,9D,10D,11D,12D;6D,7D,8D,9D;2D3,4D,5D,11D;10D,12D. The fourth-order valence-electron chi connectivity index (χ4n) is 8.63. The summed E-state index contributed by atoms with van der Waals surface area (Å²) >= 11 is 24.3. The number of halogens is 4. The smallest absolute Gasteiger partial charge is 0.178 e. The van der Waals surface area contributed by atoms with Crippen LogP contribution in [0.4, 0.5) is 0 Å². The third kappa shape index (κ3) is 18.9. The predicted molar refractivity (Wildman–Crippen MR) is 402 cm³/mol. The molecule has 0 bridgehead atoms. The second kappa shape index (κ2) is 33.0. The SMILES string of the molecule is [2H]c1c([2H])c(S(=O)(=O)CC)c([2H])c([2H])c1-c1cc(Cl)cnc1-c1ccc(C)nc1.[2H]c1nc(-c2c([2H])nc(C([2H])([2H])[2H])c([2H])c2[2H])c(-c2c([2H])c([2H])c(S(=O)(=O)C([2H])([2H])C)c([2H])c2[2H])c([2H])c1Cl.[2H]c1nc(-c2ccc(C)nc2)c(-c2ccc(S(=O)(=O)CC)cc2)c([2H])c1Cl.[2H]c1nc(C([2H])([2H])[2H])c([2H])c([2H])c1-c1ncc(Cl)cc1-c1ccc(S(=O)(=O)CC)cc1. The summed E-state index contributed by atoms with van der Waals surface area (Å²) in [6.07, 6.45) is 3.53. The van der Waals surface area contributed by atoms with Crippen LogP contribution in [0.15, 0.2) is 239 Å². The van der Waals surface area contributed by atoms with E-state index in [9.17, 15) is 33.7 Å². The Balaban J connectivity index is 0.000000192. The van der Waals surface area contributed by atoms with Gasteiger partial charge in [0.1, 0.15) is 0 Å². The van der Waals surface area contributed by atoms with Crippen LogP contribution in [0.1, 0.15) is 86.1 Å². The minimum absolute atomic E-state index is 0.0112. The molecule has 0 amide bonds. The van der Waals surface area contributed by atoms with E-state index in [0.29, 0.717) is 51.7 Å². The quantitative estimate of drug-likeness (QED) is 0.0873. The van der Waals surface area contributed by atoms with E-state index in [1.807, 2.05) is 26.0 Å². The van der Waals surface area contributed by atoms with E-state index >= 15 is 0 Å². The topological polar surface area (TPSA) is 240 Å². The van der Waals surface area contributed by atoms with Crippen molar-refractivity contribution in [2.24, 2.45) is 0 Å². The first-order valence-corrected chi connectivity index (χ1v) is 37.0. The second-order valence-electron chi connectivity index (χ2n) is 20.5. The fraction of sp³-hybridized carbons (Fsp3) is 0.158. The third-order valence-corrected chi connectivity index (χ3v) is 21.1. The van der Waals surface area contributed by atoms with E-state index in [4.69, 9.17) is 82.0 Å². The minimum Gasteiger partial charge on any atom is -0.261 e. The highest BCUT2D eigenvalue weighted by molar-refractivity contribution is 7.92. The van der Waals surface area contributed by atoms with Gasteiger partial charge in [0, 0.05) is 128 Å². The molecular weight excluding hydrogens is 1420 g/mol. The summed E-state index contributed by atoms with van der Waals surface area (Å²) in [5, 5.41) is -0.200. The number of rotatable bonds is 16. The molecule has 0 saturated heterocycles. The molecule has 0 atom stereocenters. The summed E-state index contributed by atoms with van der Waals surface area (Å²) in [6, 6.07) is 12.0. The van der Waals surface area contributed by atoms with E-state index in [2.05, 4.69) is 39.9 Å². The van der Waals surface area contributed by atoms with Gasteiger partial charge < -0.3 is 0 Å². The van der Waals surface area contributed by atoms with Crippen LogP contribution in [0, 0.1) is 27.6 Å². The number of aryl methyl sites for hydroxylation is 4. The molecule has 0 spiro atoms. The molecule has 16 nitrogen and oxygen atoms in total. The molecule has 0 unspecified atom stereocenters. The highest BCUT2D eigenvalue weighted by atomic mass is 35.5. The van der Waals surface area contributed by atoms with Crippen molar-refractivity contribution in [3.05, 3.63) is 262 Å². The Morgan fingerprint density at radius 1 is 0.330 bits per heavy atom. The molecule has 0 N–H and O–H groups in total. The molecule has 0 aliphatic carbocycles. The Bertz CT molecular complexity index is 6800. The Kier molecular flexibility index (Phi) is 15.6. The number of aromatic nitrogens is 8. The van der Waals surface area contributed by atoms with Crippen molar-refractivity contribution in [1.29, 1.82) is 0 Å². The largest absolute Gasteiger partial charge is 0.261 e. The molecule has 12 aromatic rings. The first-order chi connectivity index (χ1) is 58.3. The summed E-state index contributed by atoms with van der Waals surface area (Å²) < 4.78 is 307. The van der Waals surface area contributed by atoms with Gasteiger partial charge in [0.05, 0.1) is 110 Å². The van der Waals surface area contributed by atoms with E-state index in [0.717, 1.165) is 11.4 Å². The molecule has 24 heteroatoms. The molecule has 100 heavy (non-hydrogen) atoms. The summed E-state index contributed by atoms with van der Waals surface area (Å²) in [5.74, 6) is -0.367. The molecule has 8 heterocycles. The zero-order valence-corrected chi connectivity index (χ0v) is 59.3. The van der Waals surface area contributed by atoms with Crippen molar-refractivity contribution in [2.45, 2.75) is 74.8 Å². The van der Waals surface area contributed by atoms with Gasteiger partial charge in [0.2, 0.25) is 0 Å². The average Bonchev–Trinajstić information content (AvgIpc) is 0.778. The van der Waals surface area contributed by atoms with Gasteiger partial charge in [-0.2, -0.15) is 0 Å². The number of hydrogen-bond acceptors (Lipinski definition) is 16. The van der Waals surface area contributed by atoms with Crippen LogP contribution < -0.4 is 0 Å². The van der Waals surface area contributed by atoms with Crippen LogP contribution in [0.25, 0.3) is 89.5 Å². The number of hydrogen-bond donors (Lipinski definition) is 0. The number of benzene rings is 4. The molecule has 12 rings (SSSR count). The van der Waals surface area contributed by atoms with Crippen LogP contribution >= 0.6 is 46.4 Å². The van der Waals surface area contributed by atoms with Gasteiger partial charge in [-0.1, -0.05) is 123 Å². The Morgan fingerprint density at radius 2 is 0.670 bits per heavy atom. The van der Waals surface area contributed by atoms with E-state index in [1.54, 1.807) is 62.6 Å². The van der Waals surface area contributed by atoms with Crippen molar-refractivity contribution in [3.63, 3.8) is 0 Å². The van der Waals surface area contributed by atoms with Crippen molar-refractivity contribution < 1.29 is 69.3 Å². The van der Waals surface area contributed by atoms with Gasteiger partial charge >= 0.3 is 0 Å². The minimum atomic E-state index is -5.06.